The number of ketones is 1. The molecule has 0 aliphatic carbocycles. The van der Waals surface area contributed by atoms with Crippen LogP contribution in [0.3, 0.4) is 0 Å². The zero-order valence-corrected chi connectivity index (χ0v) is 12.1. The topological polar surface area (TPSA) is 34.9 Å². The molecule has 1 aliphatic rings. The predicted molar refractivity (Wildman–Crippen MR) is 75.0 cm³/mol. The molecule has 1 saturated heterocycles. The fourth-order valence-corrected chi connectivity index (χ4v) is 4.74. The summed E-state index contributed by atoms with van der Waals surface area (Å²) in [4.78, 5) is 12.4. The van der Waals surface area contributed by atoms with Crippen LogP contribution in [0.5, 0.6) is 0 Å². The molecule has 0 saturated carbocycles. The minimum absolute atomic E-state index is 0.0909. The lowest BCUT2D eigenvalue weighted by Crippen LogP contribution is -2.32. The van der Waals surface area contributed by atoms with Gasteiger partial charge in [-0.25, -0.2) is 0 Å². The van der Waals surface area contributed by atoms with E-state index in [4.69, 9.17) is 0 Å². The molecular formula is C12H18N2OS2. The van der Waals surface area contributed by atoms with Crippen molar-refractivity contribution in [1.82, 2.24) is 9.78 Å². The Balaban J connectivity index is 2.10. The smallest absolute Gasteiger partial charge is 0.194 e. The van der Waals surface area contributed by atoms with Gasteiger partial charge < -0.3 is 0 Å². The van der Waals surface area contributed by atoms with E-state index in [1.807, 2.05) is 36.5 Å². The molecule has 94 valence electrons. The van der Waals surface area contributed by atoms with Crippen molar-refractivity contribution in [2.45, 2.75) is 43.1 Å². The lowest BCUT2D eigenvalue weighted by molar-refractivity contribution is 0.0984. The summed E-state index contributed by atoms with van der Waals surface area (Å²) in [5.41, 5.74) is 0.757. The third kappa shape index (κ3) is 2.71. The fourth-order valence-electron chi connectivity index (χ4n) is 1.88. The molecule has 17 heavy (non-hydrogen) atoms. The largest absolute Gasteiger partial charge is 0.291 e. The molecule has 5 heteroatoms. The number of hydrogen-bond donors (Lipinski definition) is 0. The van der Waals surface area contributed by atoms with Gasteiger partial charge in [0, 0.05) is 29.0 Å². The van der Waals surface area contributed by atoms with E-state index in [0.29, 0.717) is 10.5 Å². The molecule has 0 N–H and O–H groups in total. The van der Waals surface area contributed by atoms with Gasteiger partial charge in [0.1, 0.15) is 5.69 Å². The third-order valence-electron chi connectivity index (χ3n) is 3.11. The van der Waals surface area contributed by atoms with Gasteiger partial charge in [-0.15, -0.1) is 11.8 Å². The minimum Gasteiger partial charge on any atom is -0.291 e. The molecule has 0 radical (unpaired) electrons. The van der Waals surface area contributed by atoms with Crippen molar-refractivity contribution < 1.29 is 4.79 Å². The Hall–Kier alpha value is -0.420. The minimum atomic E-state index is 0.0909. The second kappa shape index (κ2) is 5.48. The fraction of sp³-hybridized carbons (Fsp3) is 0.667. The number of Topliss-reactive ketones (excluding diaryl/α,β-unsaturated/α-hetero) is 1. The number of carbonyl (C=O) groups excluding carboxylic acids is 1. The van der Waals surface area contributed by atoms with E-state index in [1.165, 1.54) is 0 Å². The molecule has 0 aromatic carbocycles. The molecule has 2 heterocycles. The first-order valence-electron chi connectivity index (χ1n) is 5.96. The van der Waals surface area contributed by atoms with Gasteiger partial charge in [-0.2, -0.15) is 16.9 Å². The zero-order chi connectivity index (χ0) is 12.4. The Bertz CT molecular complexity index is 405. The van der Waals surface area contributed by atoms with Crippen molar-refractivity contribution in [1.29, 1.82) is 0 Å². The van der Waals surface area contributed by atoms with Gasteiger partial charge in [0.2, 0.25) is 0 Å². The molecule has 0 amide bonds. The van der Waals surface area contributed by atoms with Gasteiger partial charge in [0.25, 0.3) is 0 Å². The maximum atomic E-state index is 12.4. The Kier molecular flexibility index (Phi) is 4.20. The number of aromatic nitrogens is 2. The SMILES string of the molecule is CCn1nccc1C(=O)C1CSC(C)C(C)S1. The average Bonchev–Trinajstić information content (AvgIpc) is 2.80. The Morgan fingerprint density at radius 2 is 2.29 bits per heavy atom. The number of hydrogen-bond acceptors (Lipinski definition) is 4. The number of thioether (sulfide) groups is 2. The van der Waals surface area contributed by atoms with Crippen LogP contribution in [0.15, 0.2) is 12.3 Å². The number of nitrogens with zero attached hydrogens (tertiary/aromatic N) is 2. The van der Waals surface area contributed by atoms with E-state index in [-0.39, 0.29) is 11.0 Å². The van der Waals surface area contributed by atoms with Crippen LogP contribution in [0.4, 0.5) is 0 Å². The van der Waals surface area contributed by atoms with Crippen LogP contribution >= 0.6 is 23.5 Å². The second-order valence-electron chi connectivity index (χ2n) is 4.26. The first-order chi connectivity index (χ1) is 8.13. The average molecular weight is 270 g/mol. The molecule has 3 atom stereocenters. The Labute approximate surface area is 111 Å². The summed E-state index contributed by atoms with van der Waals surface area (Å²) in [5, 5.41) is 5.44. The zero-order valence-electron chi connectivity index (χ0n) is 10.4. The first-order valence-corrected chi connectivity index (χ1v) is 7.95. The third-order valence-corrected chi connectivity index (χ3v) is 6.50. The highest BCUT2D eigenvalue weighted by Gasteiger charge is 2.31. The van der Waals surface area contributed by atoms with E-state index in [9.17, 15) is 4.79 Å². The highest BCUT2D eigenvalue weighted by Crippen LogP contribution is 2.36. The molecule has 1 fully saturated rings. The summed E-state index contributed by atoms with van der Waals surface area (Å²) in [6.07, 6.45) is 1.71. The highest BCUT2D eigenvalue weighted by molar-refractivity contribution is 8.08. The van der Waals surface area contributed by atoms with Crippen molar-refractivity contribution in [3.05, 3.63) is 18.0 Å². The Morgan fingerprint density at radius 1 is 1.53 bits per heavy atom. The highest BCUT2D eigenvalue weighted by atomic mass is 32.2. The van der Waals surface area contributed by atoms with E-state index >= 15 is 0 Å². The summed E-state index contributed by atoms with van der Waals surface area (Å²) < 4.78 is 1.79. The van der Waals surface area contributed by atoms with Crippen molar-refractivity contribution in [3.8, 4) is 0 Å². The molecule has 1 aliphatic heterocycles. The maximum Gasteiger partial charge on any atom is 0.194 e. The van der Waals surface area contributed by atoms with Crippen LogP contribution in [-0.2, 0) is 6.54 Å². The van der Waals surface area contributed by atoms with Crippen LogP contribution in [0.2, 0.25) is 0 Å². The lowest BCUT2D eigenvalue weighted by atomic mass is 10.2. The van der Waals surface area contributed by atoms with E-state index < -0.39 is 0 Å². The van der Waals surface area contributed by atoms with Crippen LogP contribution < -0.4 is 0 Å². The number of carbonyl (C=O) groups is 1. The summed E-state index contributed by atoms with van der Waals surface area (Å²) in [7, 11) is 0. The van der Waals surface area contributed by atoms with Crippen LogP contribution in [0.25, 0.3) is 0 Å². The standard InChI is InChI=1S/C12H18N2OS2/c1-4-14-10(5-6-13-14)12(15)11-7-16-8(2)9(3)17-11/h5-6,8-9,11H,4,7H2,1-3H3. The molecule has 1 aromatic rings. The first kappa shape index (κ1) is 13.0. The summed E-state index contributed by atoms with van der Waals surface area (Å²) in [6, 6.07) is 1.83. The summed E-state index contributed by atoms with van der Waals surface area (Å²) in [6.45, 7) is 7.21. The van der Waals surface area contributed by atoms with Gasteiger partial charge in [-0.05, 0) is 13.0 Å². The maximum absolute atomic E-state index is 12.4. The quantitative estimate of drug-likeness (QED) is 0.791. The Morgan fingerprint density at radius 3 is 2.94 bits per heavy atom. The van der Waals surface area contributed by atoms with Crippen LogP contribution in [0, 0.1) is 0 Å². The van der Waals surface area contributed by atoms with Crippen molar-refractivity contribution in [2.75, 3.05) is 5.75 Å². The van der Waals surface area contributed by atoms with Gasteiger partial charge in [0.05, 0.1) is 5.25 Å². The second-order valence-corrected chi connectivity index (χ2v) is 7.26. The summed E-state index contributed by atoms with van der Waals surface area (Å²) in [5.74, 6) is 1.16. The van der Waals surface area contributed by atoms with E-state index in [0.717, 1.165) is 18.0 Å². The number of aryl methyl sites for hydroxylation is 1. The van der Waals surface area contributed by atoms with E-state index in [2.05, 4.69) is 18.9 Å². The molecule has 1 aromatic heterocycles. The molecule has 3 nitrogen and oxygen atoms in total. The molecular weight excluding hydrogens is 252 g/mol. The van der Waals surface area contributed by atoms with Crippen LogP contribution in [0.1, 0.15) is 31.3 Å². The van der Waals surface area contributed by atoms with Gasteiger partial charge in [0.15, 0.2) is 5.78 Å². The summed E-state index contributed by atoms with van der Waals surface area (Å²) >= 11 is 3.71. The van der Waals surface area contributed by atoms with Gasteiger partial charge in [-0.3, -0.25) is 9.48 Å². The van der Waals surface area contributed by atoms with Crippen molar-refractivity contribution >= 4 is 29.3 Å². The monoisotopic (exact) mass is 270 g/mol. The van der Waals surface area contributed by atoms with Gasteiger partial charge in [-0.1, -0.05) is 13.8 Å². The number of rotatable bonds is 3. The van der Waals surface area contributed by atoms with Crippen LogP contribution in [-0.4, -0.2) is 37.1 Å². The lowest BCUT2D eigenvalue weighted by Gasteiger charge is -2.30. The van der Waals surface area contributed by atoms with Gasteiger partial charge >= 0.3 is 0 Å². The predicted octanol–water partition coefficient (Wildman–Crippen LogP) is 2.71. The molecule has 0 spiro atoms. The molecule has 3 unspecified atom stereocenters. The van der Waals surface area contributed by atoms with Crippen molar-refractivity contribution in [2.24, 2.45) is 0 Å². The molecule has 2 rings (SSSR count). The van der Waals surface area contributed by atoms with E-state index in [1.54, 1.807) is 10.9 Å². The van der Waals surface area contributed by atoms with Crippen molar-refractivity contribution in [3.63, 3.8) is 0 Å². The molecule has 0 bridgehead atoms. The normalized spacial score (nSPS) is 29.2.